The zero-order valence-corrected chi connectivity index (χ0v) is 23.0. The summed E-state index contributed by atoms with van der Waals surface area (Å²) < 4.78 is 63.5. The van der Waals surface area contributed by atoms with Crippen molar-refractivity contribution in [3.8, 4) is 0 Å². The van der Waals surface area contributed by atoms with E-state index in [-0.39, 0.29) is 23.3 Å². The quantitative estimate of drug-likeness (QED) is 0.432. The Bertz CT molecular complexity index is 1070. The van der Waals surface area contributed by atoms with Crippen LogP contribution in [0.2, 0.25) is 0 Å². The number of halogens is 6. The normalized spacial score (nSPS) is 22.2. The van der Waals surface area contributed by atoms with Gasteiger partial charge in [-0.25, -0.2) is 9.59 Å². The molecule has 10 nitrogen and oxygen atoms in total. The van der Waals surface area contributed by atoms with Crippen LogP contribution in [-0.4, -0.2) is 99.4 Å². The Hall–Kier alpha value is -3.43. The fraction of sp³-hybridized carbons (Fsp3) is 0.654. The van der Waals surface area contributed by atoms with Crippen molar-refractivity contribution in [2.45, 2.75) is 57.4 Å². The predicted octanol–water partition coefficient (Wildman–Crippen LogP) is 2.98. The molecule has 1 spiro atoms. The largest absolute Gasteiger partial charge is 0.490 e. The highest BCUT2D eigenvalue weighted by atomic mass is 19.4. The highest BCUT2D eigenvalue weighted by Crippen LogP contribution is 2.44. The smallest absolute Gasteiger partial charge is 0.475 e. The number of pyridine rings is 1. The molecule has 3 atom stereocenters. The van der Waals surface area contributed by atoms with Crippen molar-refractivity contribution in [2.75, 3.05) is 32.7 Å². The van der Waals surface area contributed by atoms with E-state index in [0.717, 1.165) is 51.3 Å². The molecule has 4 rings (SSSR count). The molecular formula is C26H34F6N4O6. The van der Waals surface area contributed by atoms with Crippen LogP contribution in [0, 0.1) is 17.8 Å². The van der Waals surface area contributed by atoms with Gasteiger partial charge in [0.1, 0.15) is 0 Å². The number of hydrogen-bond acceptors (Lipinski definition) is 6. The molecule has 1 aromatic rings. The SMILES string of the molecule is CCC(C)CN1C[C@H]2C(=O)NC3(CCN(C(=O)Cc4ccccn4)CC3)[C@H]2C1.O=C(O)C(F)(F)F.O=C(O)C(F)(F)F. The van der Waals surface area contributed by atoms with Crippen LogP contribution < -0.4 is 5.32 Å². The number of carbonyl (C=O) groups is 4. The van der Waals surface area contributed by atoms with E-state index in [1.165, 1.54) is 6.42 Å². The first-order valence-electron chi connectivity index (χ1n) is 13.2. The molecule has 42 heavy (non-hydrogen) atoms. The number of aliphatic carboxylic acids is 2. The van der Waals surface area contributed by atoms with Crippen molar-refractivity contribution in [3.63, 3.8) is 0 Å². The Morgan fingerprint density at radius 1 is 1.05 bits per heavy atom. The maximum absolute atomic E-state index is 12.7. The summed E-state index contributed by atoms with van der Waals surface area (Å²) in [4.78, 5) is 51.8. The second-order valence-electron chi connectivity index (χ2n) is 10.6. The van der Waals surface area contributed by atoms with Gasteiger partial charge in [0.05, 0.1) is 12.3 Å². The second-order valence-corrected chi connectivity index (χ2v) is 10.6. The van der Waals surface area contributed by atoms with Gasteiger partial charge in [-0.2, -0.15) is 26.3 Å². The number of carbonyl (C=O) groups excluding carboxylic acids is 2. The lowest BCUT2D eigenvalue weighted by molar-refractivity contribution is -0.193. The van der Waals surface area contributed by atoms with Gasteiger partial charge in [0.25, 0.3) is 0 Å². The van der Waals surface area contributed by atoms with Gasteiger partial charge in [-0.3, -0.25) is 14.6 Å². The molecule has 3 fully saturated rings. The summed E-state index contributed by atoms with van der Waals surface area (Å²) in [6.07, 6.45) is -5.17. The zero-order valence-electron chi connectivity index (χ0n) is 23.0. The van der Waals surface area contributed by atoms with E-state index in [1.54, 1.807) is 6.20 Å². The molecular weight excluding hydrogens is 578 g/mol. The number of likely N-dealkylation sites (tertiary alicyclic amines) is 2. The third kappa shape index (κ3) is 9.56. The van der Waals surface area contributed by atoms with Gasteiger partial charge < -0.3 is 25.3 Å². The van der Waals surface area contributed by atoms with E-state index in [4.69, 9.17) is 19.8 Å². The second kappa shape index (κ2) is 14.2. The summed E-state index contributed by atoms with van der Waals surface area (Å²) in [5, 5.41) is 17.6. The summed E-state index contributed by atoms with van der Waals surface area (Å²) in [7, 11) is 0. The number of nitrogens with one attached hydrogen (secondary N) is 1. The Morgan fingerprint density at radius 3 is 2.05 bits per heavy atom. The van der Waals surface area contributed by atoms with Crippen LogP contribution in [0.5, 0.6) is 0 Å². The highest BCUT2D eigenvalue weighted by molar-refractivity contribution is 5.84. The summed E-state index contributed by atoms with van der Waals surface area (Å²) in [6.45, 7) is 8.95. The number of rotatable bonds is 5. The first kappa shape index (κ1) is 34.8. The first-order chi connectivity index (χ1) is 19.4. The summed E-state index contributed by atoms with van der Waals surface area (Å²) in [5.41, 5.74) is 0.701. The first-order valence-corrected chi connectivity index (χ1v) is 13.2. The topological polar surface area (TPSA) is 140 Å². The van der Waals surface area contributed by atoms with Crippen molar-refractivity contribution in [1.82, 2.24) is 20.1 Å². The molecule has 16 heteroatoms. The van der Waals surface area contributed by atoms with E-state index in [2.05, 4.69) is 29.0 Å². The van der Waals surface area contributed by atoms with E-state index in [9.17, 15) is 35.9 Å². The third-order valence-corrected chi connectivity index (χ3v) is 7.63. The van der Waals surface area contributed by atoms with Gasteiger partial charge in [-0.05, 0) is 30.9 Å². The van der Waals surface area contributed by atoms with E-state index in [0.29, 0.717) is 18.3 Å². The van der Waals surface area contributed by atoms with Crippen molar-refractivity contribution in [1.29, 1.82) is 0 Å². The van der Waals surface area contributed by atoms with Crippen LogP contribution in [0.25, 0.3) is 0 Å². The number of aromatic nitrogens is 1. The van der Waals surface area contributed by atoms with Gasteiger partial charge in [0.15, 0.2) is 0 Å². The highest BCUT2D eigenvalue weighted by Gasteiger charge is 2.57. The fourth-order valence-electron chi connectivity index (χ4n) is 5.28. The molecule has 3 aliphatic heterocycles. The van der Waals surface area contributed by atoms with Gasteiger partial charge in [-0.1, -0.05) is 26.3 Å². The van der Waals surface area contributed by atoms with Crippen LogP contribution >= 0.6 is 0 Å². The number of carboxylic acids is 2. The van der Waals surface area contributed by atoms with E-state index >= 15 is 0 Å². The molecule has 3 aliphatic rings. The van der Waals surface area contributed by atoms with Crippen molar-refractivity contribution in [2.24, 2.45) is 17.8 Å². The molecule has 0 radical (unpaired) electrons. The molecule has 0 bridgehead atoms. The minimum atomic E-state index is -5.08. The number of piperidine rings is 1. The molecule has 1 unspecified atom stereocenters. The lowest BCUT2D eigenvalue weighted by Gasteiger charge is -2.43. The molecule has 3 N–H and O–H groups in total. The maximum Gasteiger partial charge on any atom is 0.490 e. The Labute approximate surface area is 238 Å². The Morgan fingerprint density at radius 2 is 1.60 bits per heavy atom. The molecule has 0 aromatic carbocycles. The predicted molar refractivity (Wildman–Crippen MR) is 135 cm³/mol. The van der Waals surface area contributed by atoms with Crippen molar-refractivity contribution < 1.29 is 55.7 Å². The average molecular weight is 613 g/mol. The van der Waals surface area contributed by atoms with Gasteiger partial charge in [-0.15, -0.1) is 0 Å². The molecule has 0 saturated carbocycles. The van der Waals surface area contributed by atoms with Crippen LogP contribution in [0.15, 0.2) is 24.4 Å². The van der Waals surface area contributed by atoms with Crippen molar-refractivity contribution >= 4 is 23.8 Å². The standard InChI is InChI=1S/C22H32N4O2.2C2HF3O2/c1-3-16(2)13-25-14-18-19(15-25)22(24-21(18)28)7-10-26(11-8-22)20(27)12-17-6-4-5-9-23-17;2*3-2(4,5)1(6)7/h4-6,9,16,18-19H,3,7-8,10-15H2,1-2H3,(H,24,28);2*(H,6,7)/t16?,18-,19+;;/m1../s1. The van der Waals surface area contributed by atoms with Gasteiger partial charge in [0.2, 0.25) is 11.8 Å². The number of carboxylic acid groups (broad SMARTS) is 2. The van der Waals surface area contributed by atoms with Crippen LogP contribution in [0.4, 0.5) is 26.3 Å². The van der Waals surface area contributed by atoms with Gasteiger partial charge >= 0.3 is 24.3 Å². The molecule has 4 heterocycles. The summed E-state index contributed by atoms with van der Waals surface area (Å²) in [5.74, 6) is -3.97. The lowest BCUT2D eigenvalue weighted by atomic mass is 9.75. The van der Waals surface area contributed by atoms with E-state index < -0.39 is 24.3 Å². The van der Waals surface area contributed by atoms with E-state index in [1.807, 2.05) is 23.1 Å². The minimum Gasteiger partial charge on any atom is -0.475 e. The fourth-order valence-corrected chi connectivity index (χ4v) is 5.28. The lowest BCUT2D eigenvalue weighted by Crippen LogP contribution is -2.56. The number of fused-ring (bicyclic) bond motifs is 2. The molecule has 236 valence electrons. The molecule has 1 aromatic heterocycles. The molecule has 0 aliphatic carbocycles. The summed E-state index contributed by atoms with van der Waals surface area (Å²) >= 11 is 0. The third-order valence-electron chi connectivity index (χ3n) is 7.63. The number of amides is 2. The maximum atomic E-state index is 12.7. The minimum absolute atomic E-state index is 0.117. The van der Waals surface area contributed by atoms with Crippen molar-refractivity contribution in [3.05, 3.63) is 30.1 Å². The van der Waals surface area contributed by atoms with Crippen LogP contribution in [0.3, 0.4) is 0 Å². The summed E-state index contributed by atoms with van der Waals surface area (Å²) in [6, 6.07) is 5.68. The number of nitrogens with zero attached hydrogens (tertiary/aromatic N) is 3. The van der Waals surface area contributed by atoms with Crippen LogP contribution in [-0.2, 0) is 25.6 Å². The Balaban J connectivity index is 0.000000367. The monoisotopic (exact) mass is 612 g/mol. The van der Waals surface area contributed by atoms with Gasteiger partial charge in [0, 0.05) is 56.1 Å². The number of hydrogen-bond donors (Lipinski definition) is 3. The molecule has 2 amide bonds. The zero-order chi connectivity index (χ0) is 31.9. The average Bonchev–Trinajstić information content (AvgIpc) is 3.43. The number of alkyl halides is 6. The Kier molecular flexibility index (Phi) is 11.7. The van der Waals surface area contributed by atoms with Crippen LogP contribution in [0.1, 0.15) is 38.8 Å². The molecule has 3 saturated heterocycles.